The van der Waals surface area contributed by atoms with Gasteiger partial charge in [-0.2, -0.15) is 0 Å². The van der Waals surface area contributed by atoms with Gasteiger partial charge in [0.25, 0.3) is 0 Å². The molecule has 0 atom stereocenters. The summed E-state index contributed by atoms with van der Waals surface area (Å²) in [4.78, 5) is 13.7. The number of rotatable bonds is 5. The zero-order chi connectivity index (χ0) is 46.2. The van der Waals surface area contributed by atoms with Crippen LogP contribution >= 0.6 is 0 Å². The lowest BCUT2D eigenvalue weighted by molar-refractivity contribution is 0.669. The molecule has 0 aliphatic rings. The largest absolute Gasteiger partial charge is 0.456 e. The van der Waals surface area contributed by atoms with Crippen LogP contribution in [0.4, 0.5) is 0 Å². The molecule has 266 valence electrons. The highest BCUT2D eigenvalue weighted by Crippen LogP contribution is 2.42. The summed E-state index contributed by atoms with van der Waals surface area (Å²) < 4.78 is 95.8. The highest BCUT2D eigenvalue weighted by molar-refractivity contribution is 6.20. The van der Waals surface area contributed by atoms with E-state index in [-0.39, 0.29) is 28.6 Å². The lowest BCUT2D eigenvalue weighted by Crippen LogP contribution is -2.00. The minimum atomic E-state index is -0.618. The fraction of sp³-hybridized carbons (Fsp3) is 0. The van der Waals surface area contributed by atoms with Crippen molar-refractivity contribution in [2.75, 3.05) is 0 Å². The molecule has 6 nitrogen and oxygen atoms in total. The van der Waals surface area contributed by atoms with Gasteiger partial charge in [-0.05, 0) is 60.7 Å². The van der Waals surface area contributed by atoms with Crippen molar-refractivity contribution < 1.29 is 18.1 Å². The van der Waals surface area contributed by atoms with Gasteiger partial charge in [0.15, 0.2) is 17.5 Å². The molecule has 0 saturated carbocycles. The monoisotopic (exact) mass is 739 g/mol. The van der Waals surface area contributed by atoms with Gasteiger partial charge in [0.05, 0.1) is 46.8 Å². The third kappa shape index (κ3) is 4.87. The normalized spacial score (nSPS) is 14.3. The van der Waals surface area contributed by atoms with E-state index in [1.807, 2.05) is 48.5 Å². The maximum atomic E-state index is 8.72. The Kier molecular flexibility index (Phi) is 5.02. The molecule has 0 radical (unpaired) electrons. The van der Waals surface area contributed by atoms with Gasteiger partial charge in [0.2, 0.25) is 0 Å². The maximum Gasteiger partial charge on any atom is 0.164 e. The van der Waals surface area contributed by atoms with E-state index in [4.69, 9.17) is 18.1 Å². The second kappa shape index (κ2) is 12.3. The Morgan fingerprint density at radius 3 is 1.65 bits per heavy atom. The van der Waals surface area contributed by atoms with E-state index < -0.39 is 60.4 Å². The predicted molar refractivity (Wildman–Crippen MR) is 232 cm³/mol. The Balaban J connectivity index is 1.09. The number of nitrogens with zero attached hydrogens (tertiary/aromatic N) is 5. The minimum absolute atomic E-state index is 0.0542. The van der Waals surface area contributed by atoms with E-state index >= 15 is 0 Å². The molecule has 8 aromatic carbocycles. The topological polar surface area (TPSA) is 61.7 Å². The van der Waals surface area contributed by atoms with Gasteiger partial charge in [-0.15, -0.1) is 0 Å². The smallest absolute Gasteiger partial charge is 0.164 e. The molecule has 0 aliphatic heterocycles. The van der Waals surface area contributed by atoms with Crippen molar-refractivity contribution in [3.8, 4) is 45.5 Å². The van der Waals surface area contributed by atoms with Gasteiger partial charge in [-0.1, -0.05) is 127 Å². The summed E-state index contributed by atoms with van der Waals surface area (Å²) in [6.07, 6.45) is 0. The molecule has 4 heterocycles. The number of fused-ring (bicyclic) bond motifs is 9. The van der Waals surface area contributed by atoms with Crippen molar-refractivity contribution in [2.45, 2.75) is 0 Å². The second-order valence-corrected chi connectivity index (χ2v) is 13.7. The van der Waals surface area contributed by atoms with Crippen molar-refractivity contribution in [3.63, 3.8) is 0 Å². The molecular formula is C51H31N5O. The third-order valence-electron chi connectivity index (χ3n) is 10.5. The summed E-state index contributed by atoms with van der Waals surface area (Å²) in [5.41, 5.74) is 6.83. The summed E-state index contributed by atoms with van der Waals surface area (Å²) in [6.45, 7) is 0. The van der Waals surface area contributed by atoms with Crippen LogP contribution in [0.5, 0.6) is 0 Å². The van der Waals surface area contributed by atoms with E-state index in [2.05, 4.69) is 90.8 Å². The summed E-state index contributed by atoms with van der Waals surface area (Å²) in [5.74, 6) is -0.744. The van der Waals surface area contributed by atoms with Crippen molar-refractivity contribution in [1.82, 2.24) is 24.1 Å². The average Bonchev–Trinajstić information content (AvgIpc) is 4.00. The summed E-state index contributed by atoms with van der Waals surface area (Å²) in [5, 5.41) is 6.07. The number of hydrogen-bond acceptors (Lipinski definition) is 4. The quantitative estimate of drug-likeness (QED) is 0.176. The molecule has 0 amide bonds. The van der Waals surface area contributed by atoms with Crippen LogP contribution in [0.1, 0.15) is 13.7 Å². The van der Waals surface area contributed by atoms with Crippen molar-refractivity contribution in [3.05, 3.63) is 188 Å². The molecule has 12 rings (SSSR count). The van der Waals surface area contributed by atoms with Crippen LogP contribution < -0.4 is 0 Å². The first-order valence-electron chi connectivity index (χ1n) is 23.3. The van der Waals surface area contributed by atoms with Crippen molar-refractivity contribution >= 4 is 65.6 Å². The van der Waals surface area contributed by atoms with Crippen molar-refractivity contribution in [1.29, 1.82) is 0 Å². The van der Waals surface area contributed by atoms with Gasteiger partial charge in [0.1, 0.15) is 11.2 Å². The first kappa shape index (κ1) is 23.2. The number of furan rings is 1. The maximum absolute atomic E-state index is 8.72. The van der Waals surface area contributed by atoms with Crippen LogP contribution in [0.25, 0.3) is 111 Å². The van der Waals surface area contributed by atoms with Gasteiger partial charge < -0.3 is 13.6 Å². The molecule has 0 aliphatic carbocycles. The van der Waals surface area contributed by atoms with Crippen molar-refractivity contribution in [2.24, 2.45) is 0 Å². The zero-order valence-electron chi connectivity index (χ0n) is 39.8. The number of aromatic nitrogens is 5. The molecule has 0 spiro atoms. The Morgan fingerprint density at radius 2 is 0.982 bits per heavy atom. The Morgan fingerprint density at radius 1 is 0.404 bits per heavy atom. The van der Waals surface area contributed by atoms with E-state index in [1.54, 1.807) is 12.1 Å². The van der Waals surface area contributed by atoms with Gasteiger partial charge in [-0.3, -0.25) is 0 Å². The SMILES string of the molecule is [2H]c1c([2H])c([2H])c(-c2nc(-c3ccc4c(c3)oc3cccc(-n5c6ccccc6c6cc7c8ccccc8n(-c8ccccc8)c7cc65)c34)nc(-c3c([2H])c([2H])c([2H])c([2H])c3[2H])n2)c([2H])c1[2H]. The van der Waals surface area contributed by atoms with Gasteiger partial charge >= 0.3 is 0 Å². The second-order valence-electron chi connectivity index (χ2n) is 13.7. The molecule has 57 heavy (non-hydrogen) atoms. The van der Waals surface area contributed by atoms with E-state index in [0.29, 0.717) is 16.7 Å². The van der Waals surface area contributed by atoms with Crippen LogP contribution in [0.3, 0.4) is 0 Å². The van der Waals surface area contributed by atoms with Crippen LogP contribution in [0, 0.1) is 0 Å². The molecule has 4 aromatic heterocycles. The molecular weight excluding hydrogens is 699 g/mol. The Hall–Kier alpha value is -7.83. The lowest BCUT2D eigenvalue weighted by atomic mass is 10.1. The average molecular weight is 740 g/mol. The molecule has 0 bridgehead atoms. The molecule has 0 N–H and O–H groups in total. The van der Waals surface area contributed by atoms with Crippen LogP contribution in [0.2, 0.25) is 0 Å². The number of hydrogen-bond donors (Lipinski definition) is 0. The highest BCUT2D eigenvalue weighted by atomic mass is 16.3. The fourth-order valence-electron chi connectivity index (χ4n) is 8.13. The fourth-order valence-corrected chi connectivity index (χ4v) is 8.13. The van der Waals surface area contributed by atoms with Crippen LogP contribution in [0.15, 0.2) is 192 Å². The Bertz CT molecular complexity index is 3980. The molecule has 0 unspecified atom stereocenters. The molecule has 12 aromatic rings. The predicted octanol–water partition coefficient (Wildman–Crippen LogP) is 13.0. The molecule has 6 heteroatoms. The first-order valence-corrected chi connectivity index (χ1v) is 18.3. The van der Waals surface area contributed by atoms with Gasteiger partial charge in [-0.25, -0.2) is 15.0 Å². The van der Waals surface area contributed by atoms with Crippen LogP contribution in [-0.4, -0.2) is 24.1 Å². The lowest BCUT2D eigenvalue weighted by Gasteiger charge is -2.11. The highest BCUT2D eigenvalue weighted by Gasteiger charge is 2.22. The van der Waals surface area contributed by atoms with Gasteiger partial charge in [0, 0.05) is 49.3 Å². The van der Waals surface area contributed by atoms with E-state index in [9.17, 15) is 0 Å². The Labute approximate surface area is 340 Å². The summed E-state index contributed by atoms with van der Waals surface area (Å²) >= 11 is 0. The first-order chi connectivity index (χ1) is 32.4. The summed E-state index contributed by atoms with van der Waals surface area (Å²) in [7, 11) is 0. The summed E-state index contributed by atoms with van der Waals surface area (Å²) in [6, 6.07) is 36.9. The molecule has 0 saturated heterocycles. The minimum Gasteiger partial charge on any atom is -0.456 e. The number of para-hydroxylation sites is 3. The zero-order valence-corrected chi connectivity index (χ0v) is 29.8. The third-order valence-corrected chi connectivity index (χ3v) is 10.5. The van der Waals surface area contributed by atoms with E-state index in [1.165, 1.54) is 0 Å². The standard InChI is InChI=1S/C51H31N5O/c1-4-15-32(16-5-1)49-52-50(33-17-6-2-7-18-33)54-51(53-49)34-27-28-38-47(29-34)57-46-26-14-25-43(48(38)46)56-42-24-13-11-22-37(42)40-30-39-36-21-10-12-23-41(36)55(44(39)31-45(40)56)35-19-8-3-9-20-35/h1-31H/i1D,2D,4D,5D,6D,7D,15D,16D,17D,18D. The van der Waals surface area contributed by atoms with Crippen LogP contribution in [-0.2, 0) is 0 Å². The van der Waals surface area contributed by atoms with E-state index in [0.717, 1.165) is 65.8 Å². The molecule has 0 fully saturated rings. The number of benzene rings is 8.